The predicted molar refractivity (Wildman–Crippen MR) is 73.8 cm³/mol. The summed E-state index contributed by atoms with van der Waals surface area (Å²) in [4.78, 5) is 24.0. The lowest BCUT2D eigenvalue weighted by Gasteiger charge is -2.34. The molecule has 0 aliphatic heterocycles. The minimum absolute atomic E-state index is 0.346. The zero-order valence-electron chi connectivity index (χ0n) is 12.2. The Labute approximate surface area is 118 Å². The van der Waals surface area contributed by atoms with Gasteiger partial charge in [-0.25, -0.2) is 4.79 Å². The molecule has 2 N–H and O–H groups in total. The molecule has 20 heavy (non-hydrogen) atoms. The highest BCUT2D eigenvalue weighted by Gasteiger charge is 2.41. The summed E-state index contributed by atoms with van der Waals surface area (Å²) < 4.78 is 5.44. The molecule has 1 saturated carbocycles. The molecule has 1 fully saturated rings. The number of amides is 1. The summed E-state index contributed by atoms with van der Waals surface area (Å²) in [7, 11) is 0. The Morgan fingerprint density at radius 1 is 1.10 bits per heavy atom. The highest BCUT2D eigenvalue weighted by atomic mass is 16.4. The van der Waals surface area contributed by atoms with Crippen molar-refractivity contribution in [3.63, 3.8) is 0 Å². The van der Waals surface area contributed by atoms with Crippen LogP contribution in [-0.2, 0) is 4.79 Å². The highest BCUT2D eigenvalue weighted by Crippen LogP contribution is 2.30. The molecular weight excluding hydrogens is 258 g/mol. The Morgan fingerprint density at radius 3 is 2.15 bits per heavy atom. The number of hydrogen-bond donors (Lipinski definition) is 2. The van der Waals surface area contributed by atoms with Crippen molar-refractivity contribution in [2.45, 2.75) is 58.4 Å². The fourth-order valence-corrected chi connectivity index (χ4v) is 2.95. The summed E-state index contributed by atoms with van der Waals surface area (Å²) in [6.07, 6.45) is 3.66. The van der Waals surface area contributed by atoms with Crippen LogP contribution in [0.25, 0.3) is 0 Å². The quantitative estimate of drug-likeness (QED) is 0.891. The molecule has 1 aliphatic carbocycles. The van der Waals surface area contributed by atoms with Crippen molar-refractivity contribution in [2.24, 2.45) is 0 Å². The molecule has 0 bridgehead atoms. The van der Waals surface area contributed by atoms with Crippen LogP contribution in [-0.4, -0.2) is 22.5 Å². The average Bonchev–Trinajstić information content (AvgIpc) is 2.64. The van der Waals surface area contributed by atoms with E-state index in [4.69, 9.17) is 4.42 Å². The van der Waals surface area contributed by atoms with Gasteiger partial charge in [0.15, 0.2) is 0 Å². The molecule has 1 aromatic rings. The van der Waals surface area contributed by atoms with E-state index in [1.165, 1.54) is 0 Å². The molecule has 0 aromatic carbocycles. The van der Waals surface area contributed by atoms with E-state index in [0.29, 0.717) is 29.9 Å². The fourth-order valence-electron chi connectivity index (χ4n) is 2.95. The number of carbonyl (C=O) groups is 2. The number of carboxylic acid groups (broad SMARTS) is 1. The monoisotopic (exact) mass is 279 g/mol. The zero-order chi connectivity index (χ0) is 14.9. The Kier molecular flexibility index (Phi) is 3.88. The van der Waals surface area contributed by atoms with Gasteiger partial charge in [-0.05, 0) is 33.6 Å². The van der Waals surface area contributed by atoms with Gasteiger partial charge < -0.3 is 14.8 Å². The second-order valence-electron chi connectivity index (χ2n) is 5.62. The lowest BCUT2D eigenvalue weighted by molar-refractivity contribution is -0.145. The number of hydrogen-bond acceptors (Lipinski definition) is 3. The Morgan fingerprint density at radius 2 is 1.70 bits per heavy atom. The fraction of sp³-hybridized carbons (Fsp3) is 0.600. The van der Waals surface area contributed by atoms with Crippen molar-refractivity contribution >= 4 is 11.9 Å². The first-order chi connectivity index (χ1) is 9.37. The Balaban J connectivity index is 2.27. The van der Waals surface area contributed by atoms with E-state index in [9.17, 15) is 14.7 Å². The molecule has 0 spiro atoms. The predicted octanol–water partition coefficient (Wildman–Crippen LogP) is 2.72. The van der Waals surface area contributed by atoms with Crippen LogP contribution in [0.5, 0.6) is 0 Å². The highest BCUT2D eigenvalue weighted by molar-refractivity contribution is 6.00. The molecule has 0 atom stereocenters. The van der Waals surface area contributed by atoms with E-state index < -0.39 is 11.5 Å². The average molecular weight is 279 g/mol. The van der Waals surface area contributed by atoms with Crippen molar-refractivity contribution in [2.75, 3.05) is 0 Å². The summed E-state index contributed by atoms with van der Waals surface area (Å²) >= 11 is 0. The van der Waals surface area contributed by atoms with Gasteiger partial charge in [0.05, 0.1) is 5.56 Å². The maximum absolute atomic E-state index is 12.4. The molecule has 0 radical (unpaired) electrons. The molecule has 5 heteroatoms. The largest absolute Gasteiger partial charge is 0.480 e. The van der Waals surface area contributed by atoms with Crippen LogP contribution in [0.1, 0.15) is 59.5 Å². The smallest absolute Gasteiger partial charge is 0.329 e. The molecule has 1 aromatic heterocycles. The molecule has 1 amide bonds. The summed E-state index contributed by atoms with van der Waals surface area (Å²) in [5, 5.41) is 12.2. The number of aryl methyl sites for hydroxylation is 2. The summed E-state index contributed by atoms with van der Waals surface area (Å²) in [6, 6.07) is 0. The number of nitrogens with one attached hydrogen (secondary N) is 1. The first-order valence-corrected chi connectivity index (χ1v) is 7.00. The number of carboxylic acids is 1. The minimum atomic E-state index is -1.13. The van der Waals surface area contributed by atoms with E-state index in [1.54, 1.807) is 13.8 Å². The van der Waals surface area contributed by atoms with Gasteiger partial charge in [-0.15, -0.1) is 0 Å². The first-order valence-electron chi connectivity index (χ1n) is 7.00. The third-order valence-electron chi connectivity index (χ3n) is 4.26. The minimum Gasteiger partial charge on any atom is -0.480 e. The normalized spacial score (nSPS) is 17.8. The summed E-state index contributed by atoms with van der Waals surface area (Å²) in [5.41, 5.74) is 0.115. The van der Waals surface area contributed by atoms with Gasteiger partial charge in [-0.2, -0.15) is 0 Å². The molecule has 2 rings (SSSR count). The molecule has 1 aliphatic rings. The third-order valence-corrected chi connectivity index (χ3v) is 4.26. The standard InChI is InChI=1S/C15H21NO4/c1-9-10(2)20-11(3)12(9)13(17)16-15(14(18)19)7-5-4-6-8-15/h4-8H2,1-3H3,(H,16,17)(H,18,19). The van der Waals surface area contributed by atoms with Gasteiger partial charge in [0.25, 0.3) is 5.91 Å². The maximum atomic E-state index is 12.4. The van der Waals surface area contributed by atoms with Gasteiger partial charge in [-0.3, -0.25) is 4.79 Å². The lowest BCUT2D eigenvalue weighted by Crippen LogP contribution is -2.55. The molecule has 5 nitrogen and oxygen atoms in total. The van der Waals surface area contributed by atoms with E-state index in [2.05, 4.69) is 5.32 Å². The molecule has 1 heterocycles. The van der Waals surface area contributed by atoms with Crippen LogP contribution >= 0.6 is 0 Å². The van der Waals surface area contributed by atoms with Gasteiger partial charge >= 0.3 is 5.97 Å². The van der Waals surface area contributed by atoms with Crippen LogP contribution in [0.3, 0.4) is 0 Å². The Bertz CT molecular complexity index is 538. The first kappa shape index (κ1) is 14.6. The lowest BCUT2D eigenvalue weighted by atomic mass is 9.81. The van der Waals surface area contributed by atoms with E-state index in [1.807, 2.05) is 6.92 Å². The topological polar surface area (TPSA) is 79.5 Å². The van der Waals surface area contributed by atoms with E-state index in [0.717, 1.165) is 24.8 Å². The van der Waals surface area contributed by atoms with Crippen molar-refractivity contribution in [1.29, 1.82) is 0 Å². The Hall–Kier alpha value is -1.78. The summed E-state index contributed by atoms with van der Waals surface area (Å²) in [5.74, 6) is -0.0586. The van der Waals surface area contributed by atoms with Crippen LogP contribution in [0, 0.1) is 20.8 Å². The van der Waals surface area contributed by atoms with Crippen molar-refractivity contribution in [3.05, 3.63) is 22.6 Å². The van der Waals surface area contributed by atoms with Crippen LogP contribution in [0.15, 0.2) is 4.42 Å². The van der Waals surface area contributed by atoms with Crippen LogP contribution in [0.2, 0.25) is 0 Å². The second-order valence-corrected chi connectivity index (χ2v) is 5.62. The SMILES string of the molecule is Cc1oc(C)c(C(=O)NC2(C(=O)O)CCCCC2)c1C. The van der Waals surface area contributed by atoms with Gasteiger partial charge in [-0.1, -0.05) is 19.3 Å². The van der Waals surface area contributed by atoms with Crippen LogP contribution in [0.4, 0.5) is 0 Å². The number of aliphatic carboxylic acids is 1. The molecule has 0 saturated heterocycles. The van der Waals surface area contributed by atoms with E-state index in [-0.39, 0.29) is 5.91 Å². The third kappa shape index (κ3) is 2.44. The summed E-state index contributed by atoms with van der Waals surface area (Å²) in [6.45, 7) is 5.34. The van der Waals surface area contributed by atoms with Gasteiger partial charge in [0.2, 0.25) is 0 Å². The van der Waals surface area contributed by atoms with Crippen molar-refractivity contribution in [3.8, 4) is 0 Å². The van der Waals surface area contributed by atoms with E-state index >= 15 is 0 Å². The maximum Gasteiger partial charge on any atom is 0.329 e. The number of rotatable bonds is 3. The van der Waals surface area contributed by atoms with Crippen LogP contribution < -0.4 is 5.32 Å². The van der Waals surface area contributed by atoms with Crippen molar-refractivity contribution in [1.82, 2.24) is 5.32 Å². The molecule has 0 unspecified atom stereocenters. The van der Waals surface area contributed by atoms with Gasteiger partial charge in [0, 0.05) is 5.56 Å². The van der Waals surface area contributed by atoms with Gasteiger partial charge in [0.1, 0.15) is 17.1 Å². The second kappa shape index (κ2) is 5.31. The number of furan rings is 1. The molecule has 110 valence electrons. The zero-order valence-corrected chi connectivity index (χ0v) is 12.2. The molecular formula is C15H21NO4. The van der Waals surface area contributed by atoms with Crippen molar-refractivity contribution < 1.29 is 19.1 Å². The number of carbonyl (C=O) groups excluding carboxylic acids is 1.